The van der Waals surface area contributed by atoms with Gasteiger partial charge in [-0.25, -0.2) is 4.79 Å². The van der Waals surface area contributed by atoms with Gasteiger partial charge in [0.05, 0.1) is 22.9 Å². The van der Waals surface area contributed by atoms with E-state index in [1.807, 2.05) is 0 Å². The minimum atomic E-state index is -0.367. The fourth-order valence-corrected chi connectivity index (χ4v) is 2.59. The van der Waals surface area contributed by atoms with Crippen molar-refractivity contribution in [3.05, 3.63) is 22.7 Å². The van der Waals surface area contributed by atoms with Crippen molar-refractivity contribution in [2.24, 2.45) is 0 Å². The fourth-order valence-electron chi connectivity index (χ4n) is 2.25. The smallest absolute Gasteiger partial charge is 0.340 e. The zero-order valence-corrected chi connectivity index (χ0v) is 11.2. The molecule has 0 saturated carbocycles. The highest BCUT2D eigenvalue weighted by Crippen LogP contribution is 2.35. The molecule has 0 aromatic heterocycles. The first-order valence-electron chi connectivity index (χ1n) is 6.14. The minimum absolute atomic E-state index is 0.338. The summed E-state index contributed by atoms with van der Waals surface area (Å²) in [5.41, 5.74) is 7.44. The van der Waals surface area contributed by atoms with Crippen molar-refractivity contribution in [3.63, 3.8) is 0 Å². The van der Waals surface area contributed by atoms with Crippen LogP contribution in [0.4, 0.5) is 11.4 Å². The Hall–Kier alpha value is -1.42. The van der Waals surface area contributed by atoms with Gasteiger partial charge >= 0.3 is 5.97 Å². The lowest BCUT2D eigenvalue weighted by atomic mass is 10.1. The van der Waals surface area contributed by atoms with Crippen LogP contribution in [0.5, 0.6) is 0 Å². The first-order valence-corrected chi connectivity index (χ1v) is 6.52. The maximum atomic E-state index is 12.0. The van der Waals surface area contributed by atoms with Gasteiger partial charge in [-0.1, -0.05) is 11.6 Å². The number of nitrogens with zero attached hydrogens (tertiary/aromatic N) is 1. The number of ether oxygens (including phenoxy) is 1. The van der Waals surface area contributed by atoms with E-state index in [2.05, 4.69) is 4.90 Å². The minimum Gasteiger partial charge on any atom is -0.462 e. The Morgan fingerprint density at radius 3 is 2.72 bits per heavy atom. The van der Waals surface area contributed by atoms with Crippen molar-refractivity contribution in [3.8, 4) is 0 Å². The molecule has 0 atom stereocenters. The predicted molar refractivity (Wildman–Crippen MR) is 73.3 cm³/mol. The van der Waals surface area contributed by atoms with E-state index in [4.69, 9.17) is 22.1 Å². The molecule has 1 aliphatic rings. The average Bonchev–Trinajstić information content (AvgIpc) is 2.81. The predicted octanol–water partition coefficient (Wildman–Crippen LogP) is 2.70. The van der Waals surface area contributed by atoms with Gasteiger partial charge in [-0.05, 0) is 31.9 Å². The van der Waals surface area contributed by atoms with Crippen LogP contribution in [-0.2, 0) is 4.74 Å². The molecule has 0 aliphatic carbocycles. The molecule has 1 aromatic rings. The number of hydrogen-bond acceptors (Lipinski definition) is 4. The Bertz CT molecular complexity index is 457. The summed E-state index contributed by atoms with van der Waals surface area (Å²) in [4.78, 5) is 14.1. The van der Waals surface area contributed by atoms with E-state index >= 15 is 0 Å². The molecular weight excluding hydrogens is 252 g/mol. The van der Waals surface area contributed by atoms with Crippen molar-refractivity contribution in [2.45, 2.75) is 19.8 Å². The molecule has 5 heteroatoms. The van der Waals surface area contributed by atoms with Crippen LogP contribution in [0, 0.1) is 0 Å². The topological polar surface area (TPSA) is 55.6 Å². The van der Waals surface area contributed by atoms with Crippen LogP contribution in [0.2, 0.25) is 5.02 Å². The largest absolute Gasteiger partial charge is 0.462 e. The van der Waals surface area contributed by atoms with E-state index in [0.29, 0.717) is 22.9 Å². The molecule has 1 heterocycles. The number of halogens is 1. The molecule has 2 N–H and O–H groups in total. The molecule has 4 nitrogen and oxygen atoms in total. The second kappa shape index (κ2) is 5.48. The first-order chi connectivity index (χ1) is 8.63. The first kappa shape index (κ1) is 13.0. The van der Waals surface area contributed by atoms with E-state index in [1.54, 1.807) is 19.1 Å². The van der Waals surface area contributed by atoms with E-state index in [-0.39, 0.29) is 5.97 Å². The third kappa shape index (κ3) is 2.53. The zero-order chi connectivity index (χ0) is 13.1. The third-order valence-corrected chi connectivity index (χ3v) is 3.29. The number of carbonyl (C=O) groups excluding carboxylic acids is 1. The van der Waals surface area contributed by atoms with Crippen LogP contribution in [-0.4, -0.2) is 25.7 Å². The lowest BCUT2D eigenvalue weighted by Crippen LogP contribution is -2.22. The van der Waals surface area contributed by atoms with Gasteiger partial charge in [0, 0.05) is 18.8 Å². The number of nitrogen functional groups attached to an aromatic ring is 1. The van der Waals surface area contributed by atoms with Crippen LogP contribution in [0.3, 0.4) is 0 Å². The number of carbonyl (C=O) groups is 1. The molecule has 1 aromatic carbocycles. The Morgan fingerprint density at radius 1 is 1.44 bits per heavy atom. The summed E-state index contributed by atoms with van der Waals surface area (Å²) in [5.74, 6) is -0.367. The van der Waals surface area contributed by atoms with Crippen LogP contribution >= 0.6 is 11.6 Å². The fraction of sp³-hybridized carbons (Fsp3) is 0.462. The number of anilines is 2. The second-order valence-corrected chi connectivity index (χ2v) is 4.72. The molecule has 1 fully saturated rings. The lowest BCUT2D eigenvalue weighted by molar-refractivity contribution is 0.0527. The molecule has 18 heavy (non-hydrogen) atoms. The SMILES string of the molecule is CCOC(=O)c1cc(N)cc(Cl)c1N1CCCC1. The maximum Gasteiger partial charge on any atom is 0.340 e. The Kier molecular flexibility index (Phi) is 3.97. The molecule has 0 unspecified atom stereocenters. The van der Waals surface area contributed by atoms with E-state index in [1.165, 1.54) is 0 Å². The summed E-state index contributed by atoms with van der Waals surface area (Å²) in [7, 11) is 0. The summed E-state index contributed by atoms with van der Waals surface area (Å²) in [6, 6.07) is 3.31. The van der Waals surface area contributed by atoms with Crippen molar-refractivity contribution in [2.75, 3.05) is 30.3 Å². The summed E-state index contributed by atoms with van der Waals surface area (Å²) in [6.07, 6.45) is 2.23. The highest BCUT2D eigenvalue weighted by atomic mass is 35.5. The van der Waals surface area contributed by atoms with Gasteiger partial charge in [-0.15, -0.1) is 0 Å². The van der Waals surface area contributed by atoms with Gasteiger partial charge in [0.15, 0.2) is 0 Å². The molecule has 2 rings (SSSR count). The van der Waals surface area contributed by atoms with Gasteiger partial charge in [0.2, 0.25) is 0 Å². The van der Waals surface area contributed by atoms with Crippen molar-refractivity contribution < 1.29 is 9.53 Å². The average molecular weight is 269 g/mol. The van der Waals surface area contributed by atoms with Crippen molar-refractivity contribution in [1.29, 1.82) is 0 Å². The van der Waals surface area contributed by atoms with E-state index < -0.39 is 0 Å². The van der Waals surface area contributed by atoms with Gasteiger partial charge in [-0.3, -0.25) is 0 Å². The van der Waals surface area contributed by atoms with Crippen LogP contribution < -0.4 is 10.6 Å². The quantitative estimate of drug-likeness (QED) is 0.676. The molecule has 0 spiro atoms. The Balaban J connectivity index is 2.44. The molecular formula is C13H17ClN2O2. The number of benzene rings is 1. The van der Waals surface area contributed by atoms with Crippen molar-refractivity contribution >= 4 is 28.9 Å². The highest BCUT2D eigenvalue weighted by molar-refractivity contribution is 6.34. The van der Waals surface area contributed by atoms with Crippen LogP contribution in [0.15, 0.2) is 12.1 Å². The highest BCUT2D eigenvalue weighted by Gasteiger charge is 2.23. The standard InChI is InChI=1S/C13H17ClN2O2/c1-2-18-13(17)10-7-9(15)8-11(14)12(10)16-5-3-4-6-16/h7-8H,2-6,15H2,1H3. The molecule has 1 aliphatic heterocycles. The monoisotopic (exact) mass is 268 g/mol. The summed E-state index contributed by atoms with van der Waals surface area (Å²) >= 11 is 6.23. The maximum absolute atomic E-state index is 12.0. The van der Waals surface area contributed by atoms with Crippen molar-refractivity contribution in [1.82, 2.24) is 0 Å². The number of rotatable bonds is 3. The van der Waals surface area contributed by atoms with Gasteiger partial charge < -0.3 is 15.4 Å². The molecule has 98 valence electrons. The molecule has 0 bridgehead atoms. The normalized spacial score (nSPS) is 14.9. The Labute approximate surface area is 112 Å². The molecule has 1 saturated heterocycles. The van der Waals surface area contributed by atoms with Gasteiger partial charge in [0.25, 0.3) is 0 Å². The Morgan fingerprint density at radius 2 is 2.11 bits per heavy atom. The number of esters is 1. The van der Waals surface area contributed by atoms with E-state index in [0.717, 1.165) is 31.6 Å². The second-order valence-electron chi connectivity index (χ2n) is 4.31. The summed E-state index contributed by atoms with van der Waals surface area (Å²) in [6.45, 7) is 3.94. The lowest BCUT2D eigenvalue weighted by Gasteiger charge is -2.22. The third-order valence-electron chi connectivity index (χ3n) is 3.00. The molecule has 0 radical (unpaired) electrons. The number of hydrogen-bond donors (Lipinski definition) is 1. The zero-order valence-electron chi connectivity index (χ0n) is 10.4. The summed E-state index contributed by atoms with van der Waals surface area (Å²) in [5, 5.41) is 0.514. The van der Waals surface area contributed by atoms with Crippen LogP contribution in [0.1, 0.15) is 30.1 Å². The van der Waals surface area contributed by atoms with Crippen LogP contribution in [0.25, 0.3) is 0 Å². The summed E-state index contributed by atoms with van der Waals surface area (Å²) < 4.78 is 5.06. The number of nitrogens with two attached hydrogens (primary N) is 1. The van der Waals surface area contributed by atoms with E-state index in [9.17, 15) is 4.79 Å². The molecule has 0 amide bonds. The van der Waals surface area contributed by atoms with Gasteiger partial charge in [0.1, 0.15) is 0 Å². The van der Waals surface area contributed by atoms with Gasteiger partial charge in [-0.2, -0.15) is 0 Å².